The van der Waals surface area contributed by atoms with Crippen LogP contribution in [0.5, 0.6) is 0 Å². The number of carbonyl (C=O) groups is 2. The minimum atomic E-state index is -0.586. The molecule has 2 heterocycles. The lowest BCUT2D eigenvalue weighted by atomic mass is 10.4. The van der Waals surface area contributed by atoms with Crippen molar-refractivity contribution in [3.05, 3.63) is 35.4 Å². The van der Waals surface area contributed by atoms with Gasteiger partial charge in [0, 0.05) is 25.2 Å². The zero-order chi connectivity index (χ0) is 17.0. The van der Waals surface area contributed by atoms with Gasteiger partial charge in [0.1, 0.15) is 24.7 Å². The second kappa shape index (κ2) is 7.21. The van der Waals surface area contributed by atoms with Gasteiger partial charge in [0.25, 0.3) is 0 Å². The summed E-state index contributed by atoms with van der Waals surface area (Å²) in [6.07, 6.45) is 4.98. The van der Waals surface area contributed by atoms with Gasteiger partial charge in [-0.05, 0) is 13.8 Å². The van der Waals surface area contributed by atoms with Crippen molar-refractivity contribution in [2.45, 2.75) is 53.6 Å². The topological polar surface area (TPSA) is 79.0 Å². The van der Waals surface area contributed by atoms with Gasteiger partial charge in [0.2, 0.25) is 0 Å². The Balaban J connectivity index is 1.95. The predicted octanol–water partition coefficient (Wildman–Crippen LogP) is 1.59. The number of carbonyl (C=O) groups excluding carboxylic acids is 2. The number of hydrogen-bond donors (Lipinski definition) is 0. The van der Waals surface area contributed by atoms with Gasteiger partial charge in [-0.2, -0.15) is 0 Å². The summed E-state index contributed by atoms with van der Waals surface area (Å²) < 4.78 is 8.32. The molecule has 0 radical (unpaired) electrons. The molecule has 0 bridgehead atoms. The van der Waals surface area contributed by atoms with Crippen molar-refractivity contribution in [1.82, 2.24) is 19.1 Å². The number of hydrogen-bond acceptors (Lipinski definition) is 5. The van der Waals surface area contributed by atoms with Crippen molar-refractivity contribution in [2.75, 3.05) is 0 Å². The van der Waals surface area contributed by atoms with E-state index in [0.29, 0.717) is 12.8 Å². The molecule has 124 valence electrons. The summed E-state index contributed by atoms with van der Waals surface area (Å²) in [5.74, 6) is 0.421. The van der Waals surface area contributed by atoms with E-state index in [1.54, 1.807) is 21.5 Å². The highest BCUT2D eigenvalue weighted by Crippen LogP contribution is 2.06. The van der Waals surface area contributed by atoms with E-state index in [2.05, 4.69) is 9.97 Å². The zero-order valence-electron chi connectivity index (χ0n) is 14.0. The molecular weight excluding hydrogens is 296 g/mol. The lowest BCUT2D eigenvalue weighted by molar-refractivity contribution is -0.160. The third-order valence-electron chi connectivity index (χ3n) is 3.42. The molecule has 0 unspecified atom stereocenters. The first-order valence-corrected chi connectivity index (χ1v) is 7.71. The molecule has 2 rings (SSSR count). The van der Waals surface area contributed by atoms with Crippen LogP contribution < -0.4 is 0 Å². The van der Waals surface area contributed by atoms with Crippen LogP contribution in [0.25, 0.3) is 0 Å². The molecule has 2 aromatic rings. The summed E-state index contributed by atoms with van der Waals surface area (Å²) in [5.41, 5.74) is 1.67. The molecule has 7 nitrogen and oxygen atoms in total. The largest absolute Gasteiger partial charge is 0.390 e. The quantitative estimate of drug-likeness (QED) is 0.597. The number of nitrogens with zero attached hydrogens (tertiary/aromatic N) is 4. The van der Waals surface area contributed by atoms with Gasteiger partial charge >= 0.3 is 11.9 Å². The predicted molar refractivity (Wildman–Crippen MR) is 83.8 cm³/mol. The molecule has 2 aromatic heterocycles. The summed E-state index contributed by atoms with van der Waals surface area (Å²) in [6.45, 7) is 7.61. The first-order chi connectivity index (χ1) is 10.9. The van der Waals surface area contributed by atoms with Gasteiger partial charge in [-0.15, -0.1) is 0 Å². The Bertz CT molecular complexity index is 655. The smallest absolute Gasteiger partial charge is 0.333 e. The molecule has 0 saturated carbocycles. The number of aryl methyl sites for hydroxylation is 4. The fourth-order valence-electron chi connectivity index (χ4n) is 2.50. The number of rotatable bonds is 6. The second-order valence-corrected chi connectivity index (χ2v) is 5.41. The van der Waals surface area contributed by atoms with E-state index < -0.39 is 11.9 Å². The van der Waals surface area contributed by atoms with Gasteiger partial charge in [-0.1, -0.05) is 13.8 Å². The van der Waals surface area contributed by atoms with Crippen LogP contribution in [0.15, 0.2) is 12.4 Å². The molecule has 0 atom stereocenters. The Hall–Kier alpha value is -2.44. The Labute approximate surface area is 135 Å². The number of aromatic nitrogens is 4. The van der Waals surface area contributed by atoms with E-state index in [-0.39, 0.29) is 13.1 Å². The van der Waals surface area contributed by atoms with E-state index in [1.165, 1.54) is 0 Å². The van der Waals surface area contributed by atoms with Crippen molar-refractivity contribution in [3.63, 3.8) is 0 Å². The molecule has 23 heavy (non-hydrogen) atoms. The highest BCUT2D eigenvalue weighted by molar-refractivity contribution is 5.85. The lowest BCUT2D eigenvalue weighted by Crippen LogP contribution is -2.22. The molecule has 0 aliphatic heterocycles. The van der Waals surface area contributed by atoms with E-state index >= 15 is 0 Å². The lowest BCUT2D eigenvalue weighted by Gasteiger charge is -2.08. The Morgan fingerprint density at radius 1 is 0.913 bits per heavy atom. The van der Waals surface area contributed by atoms with Crippen LogP contribution in [-0.4, -0.2) is 31.0 Å². The first kappa shape index (κ1) is 16.9. The summed E-state index contributed by atoms with van der Waals surface area (Å²) >= 11 is 0. The average Bonchev–Trinajstić information content (AvgIpc) is 3.00. The van der Waals surface area contributed by atoms with E-state index in [1.807, 2.05) is 27.7 Å². The van der Waals surface area contributed by atoms with Crippen LogP contribution in [-0.2, 0) is 40.3 Å². The third-order valence-corrected chi connectivity index (χ3v) is 3.42. The van der Waals surface area contributed by atoms with Crippen molar-refractivity contribution in [3.8, 4) is 0 Å². The highest BCUT2D eigenvalue weighted by Gasteiger charge is 2.15. The summed E-state index contributed by atoms with van der Waals surface area (Å²) in [6, 6.07) is 0. The van der Waals surface area contributed by atoms with Crippen molar-refractivity contribution >= 4 is 11.9 Å². The van der Waals surface area contributed by atoms with Gasteiger partial charge < -0.3 is 13.9 Å². The summed E-state index contributed by atoms with van der Waals surface area (Å²) in [7, 11) is 0. The Morgan fingerprint density at radius 2 is 1.30 bits per heavy atom. The van der Waals surface area contributed by atoms with Crippen LogP contribution in [0.2, 0.25) is 0 Å². The van der Waals surface area contributed by atoms with Crippen LogP contribution in [0, 0.1) is 13.8 Å². The average molecular weight is 318 g/mol. The Kier molecular flexibility index (Phi) is 5.31. The maximum Gasteiger partial charge on any atom is 0.333 e. The van der Waals surface area contributed by atoms with Gasteiger partial charge in [0.15, 0.2) is 0 Å². The van der Waals surface area contributed by atoms with Gasteiger partial charge in [0.05, 0.1) is 11.4 Å². The monoisotopic (exact) mass is 318 g/mol. The molecule has 0 aliphatic rings. The fourth-order valence-corrected chi connectivity index (χ4v) is 2.50. The van der Waals surface area contributed by atoms with Gasteiger partial charge in [-0.3, -0.25) is 0 Å². The molecular formula is C16H22N4O3. The number of imidazole rings is 2. The van der Waals surface area contributed by atoms with E-state index in [9.17, 15) is 9.59 Å². The molecule has 0 aliphatic carbocycles. The first-order valence-electron chi connectivity index (χ1n) is 7.71. The van der Waals surface area contributed by atoms with E-state index in [4.69, 9.17) is 4.74 Å². The second-order valence-electron chi connectivity index (χ2n) is 5.41. The molecule has 0 N–H and O–H groups in total. The van der Waals surface area contributed by atoms with Crippen molar-refractivity contribution < 1.29 is 14.3 Å². The minimum absolute atomic E-state index is 0.0145. The van der Waals surface area contributed by atoms with Crippen LogP contribution in [0.1, 0.15) is 36.9 Å². The molecule has 0 saturated heterocycles. The maximum absolute atomic E-state index is 11.9. The normalized spacial score (nSPS) is 10.8. The highest BCUT2D eigenvalue weighted by atomic mass is 16.6. The minimum Gasteiger partial charge on any atom is -0.390 e. The molecule has 0 aromatic carbocycles. The Morgan fingerprint density at radius 3 is 1.65 bits per heavy atom. The SMILES string of the molecule is CCc1nc(C)cn1CC(=O)OC(=O)Cn1cc(C)nc1CC. The molecule has 0 amide bonds. The summed E-state index contributed by atoms with van der Waals surface area (Å²) in [5, 5.41) is 0. The molecule has 7 heteroatoms. The number of esters is 2. The summed E-state index contributed by atoms with van der Waals surface area (Å²) in [4.78, 5) is 32.5. The fraction of sp³-hybridized carbons (Fsp3) is 0.500. The van der Waals surface area contributed by atoms with Crippen molar-refractivity contribution in [2.24, 2.45) is 0 Å². The standard InChI is InChI=1S/C16H22N4O3/c1-5-13-17-11(3)7-19(13)9-15(21)23-16(22)10-20-8-12(4)18-14(20)6-2/h7-8H,5-6,9-10H2,1-4H3. The van der Waals surface area contributed by atoms with E-state index in [0.717, 1.165) is 23.0 Å². The number of ether oxygens (including phenoxy) is 1. The zero-order valence-corrected chi connectivity index (χ0v) is 14.0. The molecule has 0 spiro atoms. The van der Waals surface area contributed by atoms with Crippen LogP contribution >= 0.6 is 0 Å². The van der Waals surface area contributed by atoms with Gasteiger partial charge in [-0.25, -0.2) is 19.6 Å². The third kappa shape index (κ3) is 4.28. The maximum atomic E-state index is 11.9. The van der Waals surface area contributed by atoms with Crippen molar-refractivity contribution in [1.29, 1.82) is 0 Å². The van der Waals surface area contributed by atoms with Crippen LogP contribution in [0.4, 0.5) is 0 Å². The molecule has 0 fully saturated rings. The van der Waals surface area contributed by atoms with Crippen LogP contribution in [0.3, 0.4) is 0 Å².